The number of nitrogens with zero attached hydrogens (tertiary/aromatic N) is 1. The van der Waals surface area contributed by atoms with Crippen LogP contribution < -0.4 is 9.47 Å². The first-order valence-electron chi connectivity index (χ1n) is 8.82. The van der Waals surface area contributed by atoms with E-state index in [1.165, 1.54) is 19.8 Å². The van der Waals surface area contributed by atoms with Crippen molar-refractivity contribution < 1.29 is 23.8 Å². The highest BCUT2D eigenvalue weighted by molar-refractivity contribution is 5.95. The van der Waals surface area contributed by atoms with Crippen molar-refractivity contribution in [3.05, 3.63) is 59.2 Å². The second-order valence-corrected chi connectivity index (χ2v) is 6.37. The average molecular weight is 369 g/mol. The summed E-state index contributed by atoms with van der Waals surface area (Å²) in [4.78, 5) is 27.0. The second kappa shape index (κ2) is 8.12. The van der Waals surface area contributed by atoms with Crippen LogP contribution in [0.2, 0.25) is 0 Å². The third-order valence-corrected chi connectivity index (χ3v) is 4.70. The molecular formula is C21H23NO5. The van der Waals surface area contributed by atoms with Gasteiger partial charge in [-0.1, -0.05) is 30.3 Å². The van der Waals surface area contributed by atoms with E-state index in [0.717, 1.165) is 12.0 Å². The predicted molar refractivity (Wildman–Crippen MR) is 100.0 cm³/mol. The number of carbonyl (C=O) groups excluding carboxylic acids is 2. The van der Waals surface area contributed by atoms with Crippen LogP contribution in [0.3, 0.4) is 0 Å². The topological polar surface area (TPSA) is 65.1 Å². The van der Waals surface area contributed by atoms with Crippen molar-refractivity contribution in [1.29, 1.82) is 0 Å². The molecule has 0 bridgehead atoms. The number of methoxy groups -OCH3 is 2. The van der Waals surface area contributed by atoms with Gasteiger partial charge in [0.05, 0.1) is 14.2 Å². The molecule has 0 fully saturated rings. The number of rotatable bonds is 5. The minimum Gasteiger partial charge on any atom is -0.493 e. The lowest BCUT2D eigenvalue weighted by molar-refractivity contribution is -0.140. The summed E-state index contributed by atoms with van der Waals surface area (Å²) < 4.78 is 15.9. The Balaban J connectivity index is 1.69. The van der Waals surface area contributed by atoms with Crippen LogP contribution in [0.25, 0.3) is 0 Å². The molecule has 0 spiro atoms. The number of hydrogen-bond acceptors (Lipinski definition) is 5. The minimum absolute atomic E-state index is 0.209. The third-order valence-electron chi connectivity index (χ3n) is 4.70. The maximum atomic E-state index is 12.7. The first-order valence-corrected chi connectivity index (χ1v) is 8.82. The van der Waals surface area contributed by atoms with Crippen LogP contribution in [-0.2, 0) is 22.5 Å². The number of amides is 1. The first-order chi connectivity index (χ1) is 13.0. The molecule has 6 heteroatoms. The van der Waals surface area contributed by atoms with Gasteiger partial charge in [-0.3, -0.25) is 4.79 Å². The molecule has 3 rings (SSSR count). The molecule has 0 radical (unpaired) electrons. The summed E-state index contributed by atoms with van der Waals surface area (Å²) in [6, 6.07) is 13.0. The number of carbonyl (C=O) groups is 2. The van der Waals surface area contributed by atoms with Crippen LogP contribution >= 0.6 is 0 Å². The van der Waals surface area contributed by atoms with E-state index in [1.54, 1.807) is 30.0 Å². The number of ether oxygens (including phenoxy) is 3. The molecule has 1 aliphatic rings. The summed E-state index contributed by atoms with van der Waals surface area (Å²) in [5.74, 6) is -0.112. The molecule has 27 heavy (non-hydrogen) atoms. The Labute approximate surface area is 158 Å². The molecule has 0 saturated heterocycles. The fourth-order valence-electron chi connectivity index (χ4n) is 3.26. The normalized spacial score (nSPS) is 14.1. The van der Waals surface area contributed by atoms with Gasteiger partial charge in [-0.25, -0.2) is 4.79 Å². The van der Waals surface area contributed by atoms with Crippen molar-refractivity contribution in [2.45, 2.75) is 26.0 Å². The quantitative estimate of drug-likeness (QED) is 0.759. The van der Waals surface area contributed by atoms with Gasteiger partial charge >= 0.3 is 5.97 Å². The Morgan fingerprint density at radius 1 is 1.00 bits per heavy atom. The van der Waals surface area contributed by atoms with Crippen LogP contribution in [0.15, 0.2) is 42.5 Å². The maximum absolute atomic E-state index is 12.7. The summed E-state index contributed by atoms with van der Waals surface area (Å²) in [6.45, 7) is 2.73. The zero-order chi connectivity index (χ0) is 19.4. The van der Waals surface area contributed by atoms with Gasteiger partial charge in [0.1, 0.15) is 5.56 Å². The number of para-hydroxylation sites is 1. The Hall–Kier alpha value is -3.02. The van der Waals surface area contributed by atoms with E-state index in [9.17, 15) is 9.59 Å². The van der Waals surface area contributed by atoms with E-state index in [0.29, 0.717) is 18.8 Å². The summed E-state index contributed by atoms with van der Waals surface area (Å²) >= 11 is 0. The number of hydrogen-bond donors (Lipinski definition) is 0. The van der Waals surface area contributed by atoms with E-state index in [1.807, 2.05) is 18.2 Å². The van der Waals surface area contributed by atoms with Gasteiger partial charge in [-0.2, -0.15) is 0 Å². The van der Waals surface area contributed by atoms with Crippen molar-refractivity contribution in [3.63, 3.8) is 0 Å². The zero-order valence-electron chi connectivity index (χ0n) is 15.7. The highest BCUT2D eigenvalue weighted by atomic mass is 16.6. The van der Waals surface area contributed by atoms with E-state index >= 15 is 0 Å². The average Bonchev–Trinajstić information content (AvgIpc) is 2.71. The lowest BCUT2D eigenvalue weighted by Gasteiger charge is -2.30. The molecule has 2 aromatic rings. The van der Waals surface area contributed by atoms with Crippen molar-refractivity contribution >= 4 is 11.9 Å². The number of esters is 1. The molecule has 142 valence electrons. The van der Waals surface area contributed by atoms with E-state index < -0.39 is 12.1 Å². The van der Waals surface area contributed by atoms with Crippen molar-refractivity contribution in [3.8, 4) is 11.5 Å². The van der Waals surface area contributed by atoms with Gasteiger partial charge in [-0.05, 0) is 36.6 Å². The van der Waals surface area contributed by atoms with Crippen LogP contribution in [0, 0.1) is 0 Å². The maximum Gasteiger partial charge on any atom is 0.342 e. The Bertz CT molecular complexity index is 848. The predicted octanol–water partition coefficient (Wildman–Crippen LogP) is 2.83. The monoisotopic (exact) mass is 369 g/mol. The number of fused-ring (bicyclic) bond motifs is 1. The molecule has 0 N–H and O–H groups in total. The SMILES string of the molecule is COc1cccc(C(=O)O[C@@H](C)C(=O)N2CCc3ccccc3C2)c1OC. The van der Waals surface area contributed by atoms with Gasteiger partial charge in [0.15, 0.2) is 17.6 Å². The van der Waals surface area contributed by atoms with E-state index in [-0.39, 0.29) is 17.2 Å². The molecule has 1 amide bonds. The Kier molecular flexibility index (Phi) is 5.64. The van der Waals surface area contributed by atoms with Crippen LogP contribution in [0.4, 0.5) is 0 Å². The molecule has 6 nitrogen and oxygen atoms in total. The molecule has 0 aromatic heterocycles. The highest BCUT2D eigenvalue weighted by Gasteiger charge is 2.28. The largest absolute Gasteiger partial charge is 0.493 e. The van der Waals surface area contributed by atoms with Crippen molar-refractivity contribution in [2.24, 2.45) is 0 Å². The molecule has 0 saturated carbocycles. The van der Waals surface area contributed by atoms with Gasteiger partial charge in [-0.15, -0.1) is 0 Å². The Morgan fingerprint density at radius 3 is 2.44 bits per heavy atom. The van der Waals surface area contributed by atoms with E-state index in [2.05, 4.69) is 6.07 Å². The molecule has 2 aromatic carbocycles. The third kappa shape index (κ3) is 3.89. The van der Waals surface area contributed by atoms with Gasteiger partial charge in [0.25, 0.3) is 5.91 Å². The standard InChI is InChI=1S/C21H23NO5/c1-14(20(23)22-12-11-15-7-4-5-8-16(15)13-22)27-21(24)17-9-6-10-18(25-2)19(17)26-3/h4-10,14H,11-13H2,1-3H3/t14-/m0/s1. The fraction of sp³-hybridized carbons (Fsp3) is 0.333. The summed E-state index contributed by atoms with van der Waals surface area (Å²) in [7, 11) is 2.95. The first kappa shape index (κ1) is 18.8. The van der Waals surface area contributed by atoms with Gasteiger partial charge in [0.2, 0.25) is 0 Å². The highest BCUT2D eigenvalue weighted by Crippen LogP contribution is 2.31. The smallest absolute Gasteiger partial charge is 0.342 e. The zero-order valence-corrected chi connectivity index (χ0v) is 15.7. The van der Waals surface area contributed by atoms with Crippen LogP contribution in [-0.4, -0.2) is 43.6 Å². The van der Waals surface area contributed by atoms with E-state index in [4.69, 9.17) is 14.2 Å². The Morgan fingerprint density at radius 2 is 1.74 bits per heavy atom. The summed E-state index contributed by atoms with van der Waals surface area (Å²) in [6.07, 6.45) is -0.0922. The van der Waals surface area contributed by atoms with Crippen molar-refractivity contribution in [1.82, 2.24) is 4.90 Å². The minimum atomic E-state index is -0.890. The molecule has 1 aliphatic heterocycles. The summed E-state index contributed by atoms with van der Waals surface area (Å²) in [5, 5.41) is 0. The van der Waals surface area contributed by atoms with Gasteiger partial charge in [0, 0.05) is 13.1 Å². The molecule has 1 atom stereocenters. The van der Waals surface area contributed by atoms with Gasteiger partial charge < -0.3 is 19.1 Å². The lowest BCUT2D eigenvalue weighted by atomic mass is 9.99. The lowest BCUT2D eigenvalue weighted by Crippen LogP contribution is -2.42. The fourth-order valence-corrected chi connectivity index (χ4v) is 3.26. The van der Waals surface area contributed by atoms with Crippen LogP contribution in [0.1, 0.15) is 28.4 Å². The second-order valence-electron chi connectivity index (χ2n) is 6.37. The molecule has 0 aliphatic carbocycles. The molecular weight excluding hydrogens is 346 g/mol. The molecule has 0 unspecified atom stereocenters. The molecule has 1 heterocycles. The number of benzene rings is 2. The van der Waals surface area contributed by atoms with Crippen molar-refractivity contribution in [2.75, 3.05) is 20.8 Å². The summed E-state index contributed by atoms with van der Waals surface area (Å²) in [5.41, 5.74) is 2.61. The van der Waals surface area contributed by atoms with Crippen LogP contribution in [0.5, 0.6) is 11.5 Å².